The summed E-state index contributed by atoms with van der Waals surface area (Å²) in [5.41, 5.74) is 2.12. The third-order valence-electron chi connectivity index (χ3n) is 6.39. The zero-order valence-corrected chi connectivity index (χ0v) is 18.7. The van der Waals surface area contributed by atoms with E-state index in [-0.39, 0.29) is 12.5 Å². The first-order valence-electron chi connectivity index (χ1n) is 10.8. The highest BCUT2D eigenvalue weighted by atomic mass is 32.1. The minimum atomic E-state index is -0.742. The Morgan fingerprint density at radius 2 is 1.84 bits per heavy atom. The lowest BCUT2D eigenvalue weighted by atomic mass is 9.84. The number of rotatable bonds is 8. The van der Waals surface area contributed by atoms with E-state index < -0.39 is 5.60 Å². The average Bonchev–Trinajstić information content (AvgIpc) is 3.24. The normalized spacial score (nSPS) is 18.2. The summed E-state index contributed by atoms with van der Waals surface area (Å²) in [5.74, 6) is -0.00367. The maximum absolute atomic E-state index is 11.1. The highest BCUT2D eigenvalue weighted by Crippen LogP contribution is 2.36. The second-order valence-corrected chi connectivity index (χ2v) is 9.10. The van der Waals surface area contributed by atoms with Gasteiger partial charge in [-0.2, -0.15) is 0 Å². The Kier molecular flexibility index (Phi) is 7.02. The zero-order valence-electron chi connectivity index (χ0n) is 17.9. The molecule has 2 N–H and O–H groups in total. The van der Waals surface area contributed by atoms with Gasteiger partial charge in [-0.15, -0.1) is 11.3 Å². The van der Waals surface area contributed by atoms with Gasteiger partial charge in [-0.3, -0.25) is 0 Å². The van der Waals surface area contributed by atoms with E-state index in [0.29, 0.717) is 5.71 Å². The number of aliphatic hydroxyl groups excluding tert-OH is 1. The van der Waals surface area contributed by atoms with Crippen LogP contribution in [0.1, 0.15) is 36.3 Å². The molecule has 0 bridgehead atoms. The molecule has 1 unspecified atom stereocenters. The summed E-state index contributed by atoms with van der Waals surface area (Å²) in [6.07, 6.45) is 2.29. The number of oxime groups is 1. The molecule has 1 aromatic heterocycles. The van der Waals surface area contributed by atoms with Crippen molar-refractivity contribution in [1.29, 1.82) is 0 Å². The summed E-state index contributed by atoms with van der Waals surface area (Å²) in [4.78, 5) is 7.44. The summed E-state index contributed by atoms with van der Waals surface area (Å²) in [7, 11) is 1.52. The van der Waals surface area contributed by atoms with Gasteiger partial charge in [0.15, 0.2) is 0 Å². The smallest absolute Gasteiger partial charge is 0.106 e. The van der Waals surface area contributed by atoms with Gasteiger partial charge in [0.25, 0.3) is 0 Å². The lowest BCUT2D eigenvalue weighted by molar-refractivity contribution is -0.0261. The second kappa shape index (κ2) is 9.92. The van der Waals surface area contributed by atoms with E-state index in [4.69, 9.17) is 4.84 Å². The number of likely N-dealkylation sites (tertiary alicyclic amines) is 1. The molecule has 6 heteroatoms. The Labute approximate surface area is 187 Å². The number of aliphatic hydroxyl groups is 2. The monoisotopic (exact) mass is 438 g/mol. The van der Waals surface area contributed by atoms with Gasteiger partial charge in [0.05, 0.1) is 17.9 Å². The van der Waals surface area contributed by atoms with Gasteiger partial charge in [0.2, 0.25) is 0 Å². The molecule has 1 atom stereocenters. The van der Waals surface area contributed by atoms with Crippen LogP contribution in [0, 0.1) is 0 Å². The van der Waals surface area contributed by atoms with Crippen LogP contribution >= 0.6 is 11.3 Å². The molecule has 0 saturated carbocycles. The molecule has 2 aromatic carbocycles. The van der Waals surface area contributed by atoms with Gasteiger partial charge < -0.3 is 20.0 Å². The first-order valence-corrected chi connectivity index (χ1v) is 11.7. The van der Waals surface area contributed by atoms with Crippen molar-refractivity contribution >= 4 is 27.1 Å². The van der Waals surface area contributed by atoms with Gasteiger partial charge in [-0.25, -0.2) is 0 Å². The van der Waals surface area contributed by atoms with E-state index in [1.807, 2.05) is 30.3 Å². The van der Waals surface area contributed by atoms with E-state index in [0.717, 1.165) is 44.5 Å². The van der Waals surface area contributed by atoms with Crippen molar-refractivity contribution in [2.24, 2.45) is 5.16 Å². The van der Waals surface area contributed by atoms with Crippen LogP contribution in [0.2, 0.25) is 0 Å². The van der Waals surface area contributed by atoms with Crippen molar-refractivity contribution in [1.82, 2.24) is 4.90 Å². The van der Waals surface area contributed by atoms with Crippen LogP contribution in [-0.4, -0.2) is 54.2 Å². The molecule has 5 nitrogen and oxygen atoms in total. The predicted octanol–water partition coefficient (Wildman–Crippen LogP) is 4.35. The Morgan fingerprint density at radius 3 is 2.55 bits per heavy atom. The lowest BCUT2D eigenvalue weighted by Crippen LogP contribution is -2.43. The first-order chi connectivity index (χ1) is 15.1. The van der Waals surface area contributed by atoms with Gasteiger partial charge in [-0.1, -0.05) is 53.7 Å². The fourth-order valence-corrected chi connectivity index (χ4v) is 5.60. The van der Waals surface area contributed by atoms with Crippen LogP contribution in [0.15, 0.2) is 65.1 Å². The summed E-state index contributed by atoms with van der Waals surface area (Å²) in [6.45, 7) is 2.44. The van der Waals surface area contributed by atoms with Crippen LogP contribution in [0.3, 0.4) is 0 Å². The number of nitrogens with zero attached hydrogens (tertiary/aromatic N) is 2. The molecule has 0 spiro atoms. The van der Waals surface area contributed by atoms with Gasteiger partial charge in [0.1, 0.15) is 7.11 Å². The number of fused-ring (bicyclic) bond motifs is 1. The van der Waals surface area contributed by atoms with Crippen molar-refractivity contribution in [3.8, 4) is 0 Å². The largest absolute Gasteiger partial charge is 0.399 e. The Hall–Kier alpha value is -2.25. The van der Waals surface area contributed by atoms with Crippen LogP contribution in [0.4, 0.5) is 0 Å². The summed E-state index contributed by atoms with van der Waals surface area (Å²) < 4.78 is 1.24. The molecule has 1 fully saturated rings. The summed E-state index contributed by atoms with van der Waals surface area (Å²) in [6, 6.07) is 18.4. The molecule has 4 rings (SSSR count). The molecule has 31 heavy (non-hydrogen) atoms. The molecule has 1 aliphatic rings. The molecule has 1 saturated heterocycles. The zero-order chi connectivity index (χ0) is 21.7. The Morgan fingerprint density at radius 1 is 1.13 bits per heavy atom. The van der Waals surface area contributed by atoms with Crippen molar-refractivity contribution in [2.75, 3.05) is 33.4 Å². The number of benzene rings is 2. The maximum Gasteiger partial charge on any atom is 0.106 e. The van der Waals surface area contributed by atoms with E-state index in [2.05, 4.69) is 39.7 Å². The minimum absolute atomic E-state index is 0.00367. The quantitative estimate of drug-likeness (QED) is 0.405. The molecule has 0 radical (unpaired) electrons. The van der Waals surface area contributed by atoms with Crippen molar-refractivity contribution in [3.05, 3.63) is 71.1 Å². The van der Waals surface area contributed by atoms with Crippen molar-refractivity contribution in [2.45, 2.75) is 30.8 Å². The summed E-state index contributed by atoms with van der Waals surface area (Å²) >= 11 is 1.72. The molecule has 0 aliphatic carbocycles. The third kappa shape index (κ3) is 4.83. The van der Waals surface area contributed by atoms with Crippen molar-refractivity contribution < 1.29 is 15.1 Å². The standard InChI is InChI=1S/C25H30N2O3S/c1-30-26-23(17-28)20(22-18-31-24-10-6-5-9-21(22)24)11-14-27-15-12-25(29,13-16-27)19-7-3-2-4-8-19/h2-10,18,20,28-29H,11-17H2,1H3/b26-23+. The highest BCUT2D eigenvalue weighted by molar-refractivity contribution is 7.17. The Balaban J connectivity index is 1.47. The SMILES string of the molecule is CO/N=C(\CO)C(CCN1CCC(O)(c2ccccc2)CC1)c1csc2ccccc12. The number of hydrogen-bond acceptors (Lipinski definition) is 6. The highest BCUT2D eigenvalue weighted by Gasteiger charge is 2.34. The molecule has 2 heterocycles. The van der Waals surface area contributed by atoms with Crippen LogP contribution in [-0.2, 0) is 10.4 Å². The maximum atomic E-state index is 11.1. The van der Waals surface area contributed by atoms with E-state index in [1.165, 1.54) is 22.8 Å². The molecule has 164 valence electrons. The van der Waals surface area contributed by atoms with E-state index in [1.54, 1.807) is 11.3 Å². The van der Waals surface area contributed by atoms with E-state index >= 15 is 0 Å². The predicted molar refractivity (Wildman–Crippen MR) is 127 cm³/mol. The van der Waals surface area contributed by atoms with Gasteiger partial charge in [0, 0.05) is 23.7 Å². The lowest BCUT2D eigenvalue weighted by Gasteiger charge is -2.39. The topological polar surface area (TPSA) is 65.3 Å². The molecule has 0 amide bonds. The molecular formula is C25H30N2O3S. The van der Waals surface area contributed by atoms with Crippen LogP contribution in [0.5, 0.6) is 0 Å². The second-order valence-electron chi connectivity index (χ2n) is 8.19. The minimum Gasteiger partial charge on any atom is -0.399 e. The average molecular weight is 439 g/mol. The fraction of sp³-hybridized carbons (Fsp3) is 0.400. The van der Waals surface area contributed by atoms with Gasteiger partial charge in [-0.05, 0) is 53.8 Å². The first kappa shape index (κ1) is 22.0. The van der Waals surface area contributed by atoms with E-state index in [9.17, 15) is 10.2 Å². The number of hydrogen-bond donors (Lipinski definition) is 2. The molecule has 3 aromatic rings. The van der Waals surface area contributed by atoms with Gasteiger partial charge >= 0.3 is 0 Å². The number of thiophene rings is 1. The third-order valence-corrected chi connectivity index (χ3v) is 7.37. The number of piperidine rings is 1. The fourth-order valence-electron chi connectivity index (χ4n) is 4.59. The van der Waals surface area contributed by atoms with Crippen molar-refractivity contribution in [3.63, 3.8) is 0 Å². The molecule has 1 aliphatic heterocycles. The molecular weight excluding hydrogens is 408 g/mol. The van der Waals surface area contributed by atoms with Crippen LogP contribution < -0.4 is 0 Å². The Bertz CT molecular complexity index is 1010. The van der Waals surface area contributed by atoms with Crippen LogP contribution in [0.25, 0.3) is 10.1 Å². The summed E-state index contributed by atoms with van der Waals surface area (Å²) in [5, 5.41) is 28.6.